The first-order valence-electron chi connectivity index (χ1n) is 5.09. The number of pyridine rings is 1. The van der Waals surface area contributed by atoms with E-state index in [2.05, 4.69) is 4.98 Å². The van der Waals surface area contributed by atoms with Crippen molar-refractivity contribution < 1.29 is 9.72 Å². The van der Waals surface area contributed by atoms with Crippen LogP contribution in [0.3, 0.4) is 0 Å². The van der Waals surface area contributed by atoms with Crippen LogP contribution in [0, 0.1) is 10.1 Å². The minimum absolute atomic E-state index is 0.00735. The molecule has 0 spiro atoms. The fourth-order valence-corrected chi connectivity index (χ4v) is 2.01. The number of aromatic nitrogens is 1. The van der Waals surface area contributed by atoms with E-state index in [-0.39, 0.29) is 15.6 Å². The molecule has 7 heteroatoms. The van der Waals surface area contributed by atoms with Gasteiger partial charge in [-0.25, -0.2) is 0 Å². The lowest BCUT2D eigenvalue weighted by Gasteiger charge is -2.05. The quantitative estimate of drug-likeness (QED) is 0.493. The number of hydrogen-bond donors (Lipinski definition) is 0. The number of nitro groups is 1. The maximum atomic E-state index is 12.2. The Morgan fingerprint density at radius 1 is 1.21 bits per heavy atom. The average Bonchev–Trinajstić information content (AvgIpc) is 2.41. The molecule has 0 bridgehead atoms. The lowest BCUT2D eigenvalue weighted by molar-refractivity contribution is -0.384. The number of carbonyl (C=O) groups excluding carboxylic acids is 1. The summed E-state index contributed by atoms with van der Waals surface area (Å²) in [6, 6.07) is 5.39. The van der Waals surface area contributed by atoms with Gasteiger partial charge in [0, 0.05) is 34.6 Å². The Kier molecular flexibility index (Phi) is 3.78. The summed E-state index contributed by atoms with van der Waals surface area (Å²) in [7, 11) is 0. The van der Waals surface area contributed by atoms with Gasteiger partial charge in [0.15, 0.2) is 5.78 Å². The van der Waals surface area contributed by atoms with E-state index in [1.165, 1.54) is 30.6 Å². The molecule has 1 heterocycles. The van der Waals surface area contributed by atoms with E-state index in [1.807, 2.05) is 0 Å². The van der Waals surface area contributed by atoms with Gasteiger partial charge in [0.05, 0.1) is 4.92 Å². The zero-order valence-electron chi connectivity index (χ0n) is 9.34. The normalized spacial score (nSPS) is 10.2. The molecule has 2 aromatic rings. The smallest absolute Gasteiger partial charge is 0.289 e. The van der Waals surface area contributed by atoms with E-state index in [0.717, 1.165) is 6.07 Å². The lowest BCUT2D eigenvalue weighted by atomic mass is 10.0. The second-order valence-corrected chi connectivity index (χ2v) is 4.42. The maximum Gasteiger partial charge on any atom is 0.290 e. The van der Waals surface area contributed by atoms with E-state index in [9.17, 15) is 14.9 Å². The van der Waals surface area contributed by atoms with Crippen molar-refractivity contribution in [2.24, 2.45) is 0 Å². The summed E-state index contributed by atoms with van der Waals surface area (Å²) in [5.74, 6) is -0.446. The molecule has 0 saturated carbocycles. The molecule has 96 valence electrons. The Balaban J connectivity index is 2.57. The van der Waals surface area contributed by atoms with Gasteiger partial charge in [-0.15, -0.1) is 0 Å². The third kappa shape index (κ3) is 2.72. The van der Waals surface area contributed by atoms with Crippen LogP contribution in [-0.4, -0.2) is 15.7 Å². The lowest BCUT2D eigenvalue weighted by Crippen LogP contribution is -2.04. The van der Waals surface area contributed by atoms with E-state index >= 15 is 0 Å². The molecule has 2 rings (SSSR count). The Hall–Kier alpha value is -1.98. The molecule has 19 heavy (non-hydrogen) atoms. The highest BCUT2D eigenvalue weighted by atomic mass is 35.5. The molecule has 1 aromatic carbocycles. The van der Waals surface area contributed by atoms with E-state index in [1.54, 1.807) is 0 Å². The summed E-state index contributed by atoms with van der Waals surface area (Å²) < 4.78 is 0. The molecule has 0 aliphatic carbocycles. The molecule has 0 fully saturated rings. The van der Waals surface area contributed by atoms with Crippen LogP contribution in [0.5, 0.6) is 0 Å². The first kappa shape index (κ1) is 13.5. The number of rotatable bonds is 3. The number of hydrogen-bond acceptors (Lipinski definition) is 4. The number of nitrogens with zero attached hydrogens (tertiary/aromatic N) is 2. The van der Waals surface area contributed by atoms with Gasteiger partial charge in [0.1, 0.15) is 5.02 Å². The molecule has 0 saturated heterocycles. The predicted molar refractivity (Wildman–Crippen MR) is 70.8 cm³/mol. The summed E-state index contributed by atoms with van der Waals surface area (Å²) >= 11 is 11.7. The summed E-state index contributed by atoms with van der Waals surface area (Å²) in [4.78, 5) is 26.1. The molecular formula is C12H6Cl2N2O3. The van der Waals surface area contributed by atoms with Crippen LogP contribution < -0.4 is 0 Å². The average molecular weight is 297 g/mol. The van der Waals surface area contributed by atoms with Crippen molar-refractivity contribution in [3.8, 4) is 0 Å². The number of nitro benzene ring substituents is 1. The minimum Gasteiger partial charge on any atom is -0.289 e. The molecule has 0 atom stereocenters. The number of benzene rings is 1. The van der Waals surface area contributed by atoms with Gasteiger partial charge in [0.2, 0.25) is 0 Å². The monoisotopic (exact) mass is 296 g/mol. The van der Waals surface area contributed by atoms with E-state index in [0.29, 0.717) is 5.56 Å². The zero-order chi connectivity index (χ0) is 14.0. The van der Waals surface area contributed by atoms with Crippen molar-refractivity contribution in [2.45, 2.75) is 0 Å². The van der Waals surface area contributed by atoms with Gasteiger partial charge in [-0.05, 0) is 18.2 Å². The highest BCUT2D eigenvalue weighted by molar-refractivity contribution is 6.38. The van der Waals surface area contributed by atoms with Crippen LogP contribution in [-0.2, 0) is 0 Å². The molecule has 0 radical (unpaired) electrons. The van der Waals surface area contributed by atoms with Crippen LogP contribution in [0.25, 0.3) is 0 Å². The fraction of sp³-hybridized carbons (Fsp3) is 0. The second-order valence-electron chi connectivity index (χ2n) is 3.61. The van der Waals surface area contributed by atoms with Gasteiger partial charge in [-0.2, -0.15) is 0 Å². The Bertz CT molecular complexity index is 660. The maximum absolute atomic E-state index is 12.2. The Morgan fingerprint density at radius 3 is 2.42 bits per heavy atom. The highest BCUT2D eigenvalue weighted by Crippen LogP contribution is 2.32. The SMILES string of the molecule is O=C(c1ccncc1)c1cc(Cl)cc([N+](=O)[O-])c1Cl. The molecule has 0 unspecified atom stereocenters. The first-order valence-corrected chi connectivity index (χ1v) is 5.84. The number of ketones is 1. The summed E-state index contributed by atoms with van der Waals surface area (Å²) in [5, 5.41) is 10.7. The van der Waals surface area contributed by atoms with Crippen LogP contribution >= 0.6 is 23.2 Å². The van der Waals surface area contributed by atoms with Gasteiger partial charge in [0.25, 0.3) is 5.69 Å². The summed E-state index contributed by atoms with van der Waals surface area (Å²) in [5.41, 5.74) is -0.0768. The highest BCUT2D eigenvalue weighted by Gasteiger charge is 2.22. The molecule has 0 amide bonds. The van der Waals surface area contributed by atoms with Crippen molar-refractivity contribution in [3.63, 3.8) is 0 Å². The first-order chi connectivity index (χ1) is 9.00. The van der Waals surface area contributed by atoms with Crippen molar-refractivity contribution in [1.82, 2.24) is 4.98 Å². The van der Waals surface area contributed by atoms with Crippen LogP contribution in [0.4, 0.5) is 5.69 Å². The number of carbonyl (C=O) groups is 1. The van der Waals surface area contributed by atoms with E-state index < -0.39 is 16.4 Å². The molecule has 0 aliphatic heterocycles. The van der Waals surface area contributed by atoms with E-state index in [4.69, 9.17) is 23.2 Å². The second kappa shape index (κ2) is 5.34. The van der Waals surface area contributed by atoms with Crippen molar-refractivity contribution in [1.29, 1.82) is 0 Å². The van der Waals surface area contributed by atoms with Crippen LogP contribution in [0.1, 0.15) is 15.9 Å². The Labute approximate surface area is 117 Å². The third-order valence-corrected chi connectivity index (χ3v) is 3.02. The van der Waals surface area contributed by atoms with Crippen molar-refractivity contribution >= 4 is 34.7 Å². The molecule has 1 aromatic heterocycles. The fourth-order valence-electron chi connectivity index (χ4n) is 1.53. The Morgan fingerprint density at radius 2 is 1.84 bits per heavy atom. The molecular weight excluding hydrogens is 291 g/mol. The van der Waals surface area contributed by atoms with Gasteiger partial charge in [-0.1, -0.05) is 23.2 Å². The standard InChI is InChI=1S/C12H6Cl2N2O3/c13-8-5-9(11(14)10(6-8)16(18)19)12(17)7-1-3-15-4-2-7/h1-6H. The molecule has 5 nitrogen and oxygen atoms in total. The summed E-state index contributed by atoms with van der Waals surface area (Å²) in [6.45, 7) is 0. The summed E-state index contributed by atoms with van der Waals surface area (Å²) in [6.07, 6.45) is 2.89. The minimum atomic E-state index is -0.683. The zero-order valence-corrected chi connectivity index (χ0v) is 10.9. The number of halogens is 2. The topological polar surface area (TPSA) is 73.1 Å². The van der Waals surface area contributed by atoms with Crippen molar-refractivity contribution in [3.05, 3.63) is 67.9 Å². The third-order valence-electron chi connectivity index (χ3n) is 2.40. The largest absolute Gasteiger partial charge is 0.290 e. The van der Waals surface area contributed by atoms with Gasteiger partial charge in [-0.3, -0.25) is 19.9 Å². The van der Waals surface area contributed by atoms with Crippen LogP contribution in [0.2, 0.25) is 10.0 Å². The van der Waals surface area contributed by atoms with Gasteiger partial charge >= 0.3 is 0 Å². The van der Waals surface area contributed by atoms with Crippen LogP contribution in [0.15, 0.2) is 36.7 Å². The molecule has 0 aliphatic rings. The molecule has 0 N–H and O–H groups in total. The van der Waals surface area contributed by atoms with Crippen molar-refractivity contribution in [2.75, 3.05) is 0 Å². The van der Waals surface area contributed by atoms with Gasteiger partial charge < -0.3 is 0 Å². The predicted octanol–water partition coefficient (Wildman–Crippen LogP) is 3.53.